The molecule has 1 aromatic carbocycles. The van der Waals surface area contributed by atoms with Crippen LogP contribution < -0.4 is 5.32 Å². The van der Waals surface area contributed by atoms with E-state index in [0.29, 0.717) is 30.5 Å². The van der Waals surface area contributed by atoms with Crippen LogP contribution in [-0.4, -0.2) is 17.4 Å². The zero-order chi connectivity index (χ0) is 13.5. The molecule has 1 N–H and O–H groups in total. The van der Waals surface area contributed by atoms with Crippen molar-refractivity contribution in [1.82, 2.24) is 5.32 Å². The summed E-state index contributed by atoms with van der Waals surface area (Å²) in [5, 5.41) is 13.4. The Hall–Kier alpha value is -2.35. The first kappa shape index (κ1) is 13.7. The van der Waals surface area contributed by atoms with E-state index in [2.05, 4.69) is 11.2 Å². The molecule has 0 heterocycles. The van der Waals surface area contributed by atoms with Gasteiger partial charge in [-0.3, -0.25) is 14.9 Å². The Kier molecular flexibility index (Phi) is 4.88. The summed E-state index contributed by atoms with van der Waals surface area (Å²) < 4.78 is 0. The number of terminal acetylenes is 1. The van der Waals surface area contributed by atoms with Gasteiger partial charge in [-0.25, -0.2) is 0 Å². The van der Waals surface area contributed by atoms with Crippen molar-refractivity contribution in [2.75, 3.05) is 6.54 Å². The van der Waals surface area contributed by atoms with Crippen LogP contribution in [0.2, 0.25) is 0 Å². The van der Waals surface area contributed by atoms with E-state index >= 15 is 0 Å². The number of hydrogen-bond donors (Lipinski definition) is 1. The largest absolute Gasteiger partial charge is 0.352 e. The van der Waals surface area contributed by atoms with Gasteiger partial charge in [-0.1, -0.05) is 6.07 Å². The lowest BCUT2D eigenvalue weighted by atomic mass is 10.1. The molecule has 0 saturated heterocycles. The molecular formula is C13H14N2O3. The first-order valence-corrected chi connectivity index (χ1v) is 5.53. The molecule has 0 saturated carbocycles. The standard InChI is InChI=1S/C13H14N2O3/c1-3-4-5-9-14-13(16)11-7-6-8-12(10(11)2)15(17)18/h1,6-8H,4-5,9H2,2H3,(H,14,16). The number of carbonyl (C=O) groups is 1. The van der Waals surface area contributed by atoms with E-state index in [1.807, 2.05) is 0 Å². The van der Waals surface area contributed by atoms with Crippen LogP contribution in [-0.2, 0) is 0 Å². The number of rotatable bonds is 5. The van der Waals surface area contributed by atoms with Gasteiger partial charge in [0.05, 0.1) is 4.92 Å². The average molecular weight is 246 g/mol. The number of nitro benzene ring substituents is 1. The highest BCUT2D eigenvalue weighted by atomic mass is 16.6. The molecule has 1 rings (SSSR count). The van der Waals surface area contributed by atoms with Gasteiger partial charge in [-0.05, 0) is 19.4 Å². The van der Waals surface area contributed by atoms with Crippen LogP contribution in [0.25, 0.3) is 0 Å². The summed E-state index contributed by atoms with van der Waals surface area (Å²) in [6.45, 7) is 2.03. The molecule has 0 aliphatic rings. The highest BCUT2D eigenvalue weighted by Gasteiger charge is 2.17. The molecule has 0 radical (unpaired) electrons. The Morgan fingerprint density at radius 3 is 2.89 bits per heavy atom. The minimum absolute atomic E-state index is 0.0497. The Labute approximate surface area is 105 Å². The van der Waals surface area contributed by atoms with Crippen molar-refractivity contribution < 1.29 is 9.72 Å². The number of carbonyl (C=O) groups excluding carboxylic acids is 1. The number of nitrogens with zero attached hydrogens (tertiary/aromatic N) is 1. The van der Waals surface area contributed by atoms with E-state index < -0.39 is 4.92 Å². The van der Waals surface area contributed by atoms with Gasteiger partial charge in [0.1, 0.15) is 0 Å². The second kappa shape index (κ2) is 6.40. The van der Waals surface area contributed by atoms with Crippen LogP contribution >= 0.6 is 0 Å². The molecule has 0 bridgehead atoms. The average Bonchev–Trinajstić information content (AvgIpc) is 2.34. The first-order chi connectivity index (χ1) is 8.57. The monoisotopic (exact) mass is 246 g/mol. The molecule has 0 aliphatic carbocycles. The number of hydrogen-bond acceptors (Lipinski definition) is 3. The fourth-order valence-corrected chi connectivity index (χ4v) is 1.55. The predicted octanol–water partition coefficient (Wildman–Crippen LogP) is 2.05. The van der Waals surface area contributed by atoms with E-state index in [1.54, 1.807) is 13.0 Å². The summed E-state index contributed by atoms with van der Waals surface area (Å²) in [6, 6.07) is 4.45. The van der Waals surface area contributed by atoms with Gasteiger partial charge in [0, 0.05) is 30.2 Å². The zero-order valence-electron chi connectivity index (χ0n) is 10.1. The topological polar surface area (TPSA) is 72.2 Å². The maximum Gasteiger partial charge on any atom is 0.273 e. The number of amides is 1. The van der Waals surface area contributed by atoms with Gasteiger partial charge in [0.15, 0.2) is 0 Å². The van der Waals surface area contributed by atoms with E-state index in [-0.39, 0.29) is 11.6 Å². The Morgan fingerprint density at radius 2 is 2.28 bits per heavy atom. The van der Waals surface area contributed by atoms with Crippen molar-refractivity contribution in [3.63, 3.8) is 0 Å². The van der Waals surface area contributed by atoms with Crippen molar-refractivity contribution in [3.8, 4) is 12.3 Å². The molecule has 0 aromatic heterocycles. The Bertz CT molecular complexity index is 503. The first-order valence-electron chi connectivity index (χ1n) is 5.53. The van der Waals surface area contributed by atoms with Crippen molar-refractivity contribution >= 4 is 11.6 Å². The van der Waals surface area contributed by atoms with Crippen LogP contribution in [0.1, 0.15) is 28.8 Å². The highest BCUT2D eigenvalue weighted by Crippen LogP contribution is 2.20. The summed E-state index contributed by atoms with van der Waals surface area (Å²) in [7, 11) is 0. The fourth-order valence-electron chi connectivity index (χ4n) is 1.55. The minimum atomic E-state index is -0.496. The van der Waals surface area contributed by atoms with Gasteiger partial charge in [0.2, 0.25) is 0 Å². The fraction of sp³-hybridized carbons (Fsp3) is 0.308. The summed E-state index contributed by atoms with van der Waals surface area (Å²) in [5.41, 5.74) is 0.646. The second-order valence-corrected chi connectivity index (χ2v) is 3.77. The SMILES string of the molecule is C#CCCCNC(=O)c1cccc([N+](=O)[O-])c1C. The maximum absolute atomic E-state index is 11.8. The number of unbranched alkanes of at least 4 members (excludes halogenated alkanes) is 1. The third kappa shape index (κ3) is 3.32. The molecule has 0 fully saturated rings. The molecule has 1 amide bonds. The van der Waals surface area contributed by atoms with E-state index in [0.717, 1.165) is 0 Å². The third-order valence-electron chi connectivity index (χ3n) is 2.53. The van der Waals surface area contributed by atoms with Crippen molar-refractivity contribution in [2.45, 2.75) is 19.8 Å². The minimum Gasteiger partial charge on any atom is -0.352 e. The van der Waals surface area contributed by atoms with Gasteiger partial charge >= 0.3 is 0 Å². The van der Waals surface area contributed by atoms with Crippen molar-refractivity contribution in [2.24, 2.45) is 0 Å². The molecule has 5 nitrogen and oxygen atoms in total. The molecule has 5 heteroatoms. The van der Waals surface area contributed by atoms with E-state index in [4.69, 9.17) is 6.42 Å². The number of nitrogens with one attached hydrogen (secondary N) is 1. The van der Waals surface area contributed by atoms with Crippen LogP contribution in [0.5, 0.6) is 0 Å². The molecule has 0 atom stereocenters. The molecule has 0 spiro atoms. The number of benzene rings is 1. The number of nitro groups is 1. The van der Waals surface area contributed by atoms with E-state index in [9.17, 15) is 14.9 Å². The zero-order valence-corrected chi connectivity index (χ0v) is 10.1. The lowest BCUT2D eigenvalue weighted by molar-refractivity contribution is -0.385. The smallest absolute Gasteiger partial charge is 0.273 e. The summed E-state index contributed by atoms with van der Waals surface area (Å²) in [5.74, 6) is 2.16. The Morgan fingerprint density at radius 1 is 1.56 bits per heavy atom. The molecular weight excluding hydrogens is 232 g/mol. The molecule has 1 aromatic rings. The van der Waals surface area contributed by atoms with Crippen LogP contribution in [0.4, 0.5) is 5.69 Å². The summed E-state index contributed by atoms with van der Waals surface area (Å²) >= 11 is 0. The normalized spacial score (nSPS) is 9.56. The molecule has 0 unspecified atom stereocenters. The van der Waals surface area contributed by atoms with Gasteiger partial charge in [-0.15, -0.1) is 12.3 Å². The highest BCUT2D eigenvalue weighted by molar-refractivity contribution is 5.96. The van der Waals surface area contributed by atoms with Crippen molar-refractivity contribution in [3.05, 3.63) is 39.4 Å². The third-order valence-corrected chi connectivity index (χ3v) is 2.53. The van der Waals surface area contributed by atoms with Crippen LogP contribution in [0.15, 0.2) is 18.2 Å². The maximum atomic E-state index is 11.8. The lowest BCUT2D eigenvalue weighted by Gasteiger charge is -2.07. The summed E-state index contributed by atoms with van der Waals surface area (Å²) in [4.78, 5) is 22.1. The quantitative estimate of drug-likeness (QED) is 0.374. The van der Waals surface area contributed by atoms with Gasteiger partial charge in [-0.2, -0.15) is 0 Å². The Balaban J connectivity index is 2.78. The summed E-state index contributed by atoms with van der Waals surface area (Å²) in [6.07, 6.45) is 6.38. The van der Waals surface area contributed by atoms with Crippen molar-refractivity contribution in [1.29, 1.82) is 0 Å². The van der Waals surface area contributed by atoms with Crippen LogP contribution in [0, 0.1) is 29.4 Å². The van der Waals surface area contributed by atoms with Crippen LogP contribution in [0.3, 0.4) is 0 Å². The molecule has 0 aliphatic heterocycles. The van der Waals surface area contributed by atoms with Gasteiger partial charge < -0.3 is 5.32 Å². The predicted molar refractivity (Wildman–Crippen MR) is 68.2 cm³/mol. The van der Waals surface area contributed by atoms with Gasteiger partial charge in [0.25, 0.3) is 11.6 Å². The second-order valence-electron chi connectivity index (χ2n) is 3.77. The van der Waals surface area contributed by atoms with E-state index in [1.165, 1.54) is 12.1 Å². The molecule has 94 valence electrons. The molecule has 18 heavy (non-hydrogen) atoms. The lowest BCUT2D eigenvalue weighted by Crippen LogP contribution is -2.25.